The van der Waals surface area contributed by atoms with Gasteiger partial charge in [0, 0.05) is 6.04 Å². The van der Waals surface area contributed by atoms with Crippen LogP contribution in [0, 0.1) is 5.92 Å². The number of halogens is 1. The SMILES string of the molecule is COC(=O)c1ccc(Cl)c(NC(C)CC2CC2)c1. The van der Waals surface area contributed by atoms with Crippen molar-refractivity contribution in [2.45, 2.75) is 32.2 Å². The molecule has 1 unspecified atom stereocenters. The molecule has 18 heavy (non-hydrogen) atoms. The summed E-state index contributed by atoms with van der Waals surface area (Å²) >= 11 is 6.13. The Hall–Kier alpha value is -1.22. The topological polar surface area (TPSA) is 38.3 Å². The minimum atomic E-state index is -0.343. The first-order valence-electron chi connectivity index (χ1n) is 6.24. The van der Waals surface area contributed by atoms with Gasteiger partial charge in [-0.3, -0.25) is 0 Å². The number of benzene rings is 1. The first kappa shape index (κ1) is 13.2. The molecule has 1 aromatic carbocycles. The molecule has 2 rings (SSSR count). The lowest BCUT2D eigenvalue weighted by atomic mass is 10.1. The van der Waals surface area contributed by atoms with Crippen LogP contribution < -0.4 is 5.32 Å². The van der Waals surface area contributed by atoms with Crippen molar-refractivity contribution < 1.29 is 9.53 Å². The summed E-state index contributed by atoms with van der Waals surface area (Å²) in [5.41, 5.74) is 1.32. The van der Waals surface area contributed by atoms with Gasteiger partial charge in [0.05, 0.1) is 23.4 Å². The highest BCUT2D eigenvalue weighted by Crippen LogP contribution is 2.34. The Morgan fingerprint density at radius 3 is 2.89 bits per heavy atom. The van der Waals surface area contributed by atoms with E-state index in [1.165, 1.54) is 20.0 Å². The van der Waals surface area contributed by atoms with Crippen molar-refractivity contribution in [2.24, 2.45) is 5.92 Å². The van der Waals surface area contributed by atoms with E-state index in [0.717, 1.165) is 18.0 Å². The minimum absolute atomic E-state index is 0.343. The van der Waals surface area contributed by atoms with E-state index in [1.807, 2.05) is 0 Å². The summed E-state index contributed by atoms with van der Waals surface area (Å²) in [6.07, 6.45) is 3.82. The number of hydrogen-bond acceptors (Lipinski definition) is 3. The maximum atomic E-state index is 11.5. The fourth-order valence-corrected chi connectivity index (χ4v) is 2.23. The average Bonchev–Trinajstić information content (AvgIpc) is 3.14. The smallest absolute Gasteiger partial charge is 0.337 e. The summed E-state index contributed by atoms with van der Waals surface area (Å²) < 4.78 is 4.70. The number of carbonyl (C=O) groups excluding carboxylic acids is 1. The molecule has 0 amide bonds. The molecule has 0 heterocycles. The van der Waals surface area contributed by atoms with E-state index in [9.17, 15) is 4.79 Å². The Morgan fingerprint density at radius 1 is 1.56 bits per heavy atom. The molecule has 1 aliphatic carbocycles. The molecule has 0 saturated heterocycles. The van der Waals surface area contributed by atoms with Gasteiger partial charge in [0.2, 0.25) is 0 Å². The average molecular weight is 268 g/mol. The third kappa shape index (κ3) is 3.39. The minimum Gasteiger partial charge on any atom is -0.465 e. The number of anilines is 1. The van der Waals surface area contributed by atoms with Crippen LogP contribution in [0.3, 0.4) is 0 Å². The summed E-state index contributed by atoms with van der Waals surface area (Å²) in [7, 11) is 1.37. The molecule has 4 heteroatoms. The van der Waals surface area contributed by atoms with Gasteiger partial charge in [-0.25, -0.2) is 4.79 Å². The van der Waals surface area contributed by atoms with Crippen molar-refractivity contribution in [3.05, 3.63) is 28.8 Å². The lowest BCUT2D eigenvalue weighted by Gasteiger charge is -2.16. The van der Waals surface area contributed by atoms with E-state index in [0.29, 0.717) is 16.6 Å². The molecule has 0 aliphatic heterocycles. The highest BCUT2D eigenvalue weighted by atomic mass is 35.5. The molecule has 1 aliphatic rings. The Kier molecular flexibility index (Phi) is 4.12. The molecule has 98 valence electrons. The van der Waals surface area contributed by atoms with Crippen molar-refractivity contribution in [1.29, 1.82) is 0 Å². The summed E-state index contributed by atoms with van der Waals surface area (Å²) in [6, 6.07) is 5.51. The van der Waals surface area contributed by atoms with E-state index in [4.69, 9.17) is 16.3 Å². The molecule has 1 aromatic rings. The summed E-state index contributed by atoms with van der Waals surface area (Å²) in [6.45, 7) is 2.14. The van der Waals surface area contributed by atoms with Gasteiger partial charge >= 0.3 is 5.97 Å². The Bertz CT molecular complexity index is 443. The van der Waals surface area contributed by atoms with Gasteiger partial charge < -0.3 is 10.1 Å². The van der Waals surface area contributed by atoms with Gasteiger partial charge in [0.15, 0.2) is 0 Å². The molecule has 1 atom stereocenters. The lowest BCUT2D eigenvalue weighted by Crippen LogP contribution is -2.16. The molecule has 1 saturated carbocycles. The van der Waals surface area contributed by atoms with Crippen LogP contribution in [0.15, 0.2) is 18.2 Å². The van der Waals surface area contributed by atoms with Gasteiger partial charge in [-0.05, 0) is 37.5 Å². The molecule has 3 nitrogen and oxygen atoms in total. The summed E-state index contributed by atoms with van der Waals surface area (Å²) in [5, 5.41) is 3.99. The van der Waals surface area contributed by atoms with Gasteiger partial charge in [-0.1, -0.05) is 24.4 Å². The van der Waals surface area contributed by atoms with E-state index >= 15 is 0 Å². The second-order valence-electron chi connectivity index (χ2n) is 4.91. The second kappa shape index (κ2) is 5.61. The van der Waals surface area contributed by atoms with Crippen LogP contribution in [-0.4, -0.2) is 19.1 Å². The zero-order valence-corrected chi connectivity index (χ0v) is 11.5. The predicted molar refractivity (Wildman–Crippen MR) is 73.2 cm³/mol. The lowest BCUT2D eigenvalue weighted by molar-refractivity contribution is 0.0601. The molecule has 1 fully saturated rings. The van der Waals surface area contributed by atoms with E-state index in [2.05, 4.69) is 12.2 Å². The summed E-state index contributed by atoms with van der Waals surface area (Å²) in [5.74, 6) is 0.514. The van der Waals surface area contributed by atoms with E-state index in [-0.39, 0.29) is 5.97 Å². The zero-order chi connectivity index (χ0) is 13.1. The van der Waals surface area contributed by atoms with Crippen molar-refractivity contribution in [3.63, 3.8) is 0 Å². The molecule has 1 N–H and O–H groups in total. The van der Waals surface area contributed by atoms with Gasteiger partial charge in [-0.2, -0.15) is 0 Å². The van der Waals surface area contributed by atoms with Crippen LogP contribution in [0.5, 0.6) is 0 Å². The first-order chi connectivity index (χ1) is 8.60. The molecule has 0 aromatic heterocycles. The number of ether oxygens (including phenoxy) is 1. The monoisotopic (exact) mass is 267 g/mol. The Labute approximate surface area is 112 Å². The molecule has 0 radical (unpaired) electrons. The Balaban J connectivity index is 2.07. The van der Waals surface area contributed by atoms with E-state index in [1.54, 1.807) is 18.2 Å². The van der Waals surface area contributed by atoms with Crippen LogP contribution in [0.4, 0.5) is 5.69 Å². The fraction of sp³-hybridized carbons (Fsp3) is 0.500. The molecule has 0 bridgehead atoms. The van der Waals surface area contributed by atoms with Crippen LogP contribution in [0.25, 0.3) is 0 Å². The van der Waals surface area contributed by atoms with Gasteiger partial charge in [0.1, 0.15) is 0 Å². The number of rotatable bonds is 5. The van der Waals surface area contributed by atoms with Crippen LogP contribution >= 0.6 is 11.6 Å². The zero-order valence-electron chi connectivity index (χ0n) is 10.7. The van der Waals surface area contributed by atoms with Crippen molar-refractivity contribution in [1.82, 2.24) is 0 Å². The number of esters is 1. The number of hydrogen-bond donors (Lipinski definition) is 1. The maximum absolute atomic E-state index is 11.5. The number of carbonyl (C=O) groups is 1. The standard InChI is InChI=1S/C14H18ClNO2/c1-9(7-10-3-4-10)16-13-8-11(14(17)18-2)5-6-12(13)15/h5-6,8-10,16H,3-4,7H2,1-2H3. The van der Waals surface area contributed by atoms with Crippen LogP contribution in [0.1, 0.15) is 36.5 Å². The third-order valence-electron chi connectivity index (χ3n) is 3.17. The van der Waals surface area contributed by atoms with Gasteiger partial charge in [-0.15, -0.1) is 0 Å². The quantitative estimate of drug-likeness (QED) is 0.826. The molecule has 0 spiro atoms. The maximum Gasteiger partial charge on any atom is 0.337 e. The highest BCUT2D eigenvalue weighted by molar-refractivity contribution is 6.33. The second-order valence-corrected chi connectivity index (χ2v) is 5.32. The largest absolute Gasteiger partial charge is 0.465 e. The molecular weight excluding hydrogens is 250 g/mol. The molecular formula is C14H18ClNO2. The van der Waals surface area contributed by atoms with Gasteiger partial charge in [0.25, 0.3) is 0 Å². The first-order valence-corrected chi connectivity index (χ1v) is 6.62. The Morgan fingerprint density at radius 2 is 2.28 bits per heavy atom. The van der Waals surface area contributed by atoms with Crippen molar-refractivity contribution in [3.8, 4) is 0 Å². The van der Waals surface area contributed by atoms with Crippen LogP contribution in [-0.2, 0) is 4.74 Å². The predicted octanol–water partition coefficient (Wildman–Crippen LogP) is 3.73. The highest BCUT2D eigenvalue weighted by Gasteiger charge is 2.23. The van der Waals surface area contributed by atoms with Crippen molar-refractivity contribution >= 4 is 23.3 Å². The van der Waals surface area contributed by atoms with Crippen molar-refractivity contribution in [2.75, 3.05) is 12.4 Å². The number of nitrogens with one attached hydrogen (secondary N) is 1. The summed E-state index contributed by atoms with van der Waals surface area (Å²) in [4.78, 5) is 11.5. The number of methoxy groups -OCH3 is 1. The van der Waals surface area contributed by atoms with E-state index < -0.39 is 0 Å². The third-order valence-corrected chi connectivity index (χ3v) is 3.50. The fourth-order valence-electron chi connectivity index (χ4n) is 2.06. The normalized spacial score (nSPS) is 16.2. The van der Waals surface area contributed by atoms with Crippen LogP contribution in [0.2, 0.25) is 5.02 Å².